The Morgan fingerprint density at radius 3 is 2.83 bits per heavy atom. The van der Waals surface area contributed by atoms with E-state index in [9.17, 15) is 4.79 Å². The molecule has 132 valence electrons. The Labute approximate surface area is 155 Å². The van der Waals surface area contributed by atoms with Crippen LogP contribution < -0.4 is 11.1 Å². The van der Waals surface area contributed by atoms with Crippen molar-refractivity contribution in [3.05, 3.63) is 11.6 Å². The van der Waals surface area contributed by atoms with Gasteiger partial charge in [-0.15, -0.1) is 24.0 Å². The minimum Gasteiger partial charge on any atom is -0.450 e. The third-order valence-electron chi connectivity index (χ3n) is 4.22. The van der Waals surface area contributed by atoms with Crippen molar-refractivity contribution in [3.63, 3.8) is 0 Å². The van der Waals surface area contributed by atoms with Gasteiger partial charge in [-0.05, 0) is 45.4 Å². The summed E-state index contributed by atoms with van der Waals surface area (Å²) < 4.78 is 5.01. The summed E-state index contributed by atoms with van der Waals surface area (Å²) in [4.78, 5) is 17.8. The van der Waals surface area contributed by atoms with Crippen molar-refractivity contribution in [1.82, 2.24) is 10.2 Å². The number of rotatable bonds is 5. The molecule has 0 aromatic carbocycles. The lowest BCUT2D eigenvalue weighted by molar-refractivity contribution is 0.0963. The maximum atomic E-state index is 11.6. The summed E-state index contributed by atoms with van der Waals surface area (Å²) in [6, 6.07) is 0.292. The number of guanidine groups is 1. The fourth-order valence-electron chi connectivity index (χ4n) is 2.96. The van der Waals surface area contributed by atoms with Gasteiger partial charge in [0.1, 0.15) is 0 Å². The highest BCUT2D eigenvalue weighted by atomic mass is 127. The second-order valence-corrected chi connectivity index (χ2v) is 5.88. The lowest BCUT2D eigenvalue weighted by atomic mass is 10.1. The number of carbonyl (C=O) groups excluding carboxylic acids is 1. The number of halogens is 1. The highest BCUT2D eigenvalue weighted by Gasteiger charge is 2.23. The van der Waals surface area contributed by atoms with Gasteiger partial charge in [0, 0.05) is 25.7 Å². The predicted octanol–water partition coefficient (Wildman–Crippen LogP) is 2.63. The molecule has 0 aromatic heterocycles. The fraction of sp³-hybridized carbons (Fsp3) is 0.750. The molecule has 0 bridgehead atoms. The molecule has 0 spiro atoms. The summed E-state index contributed by atoms with van der Waals surface area (Å²) in [5.74, 6) is 0.521. The van der Waals surface area contributed by atoms with Crippen LogP contribution in [0.3, 0.4) is 0 Å². The van der Waals surface area contributed by atoms with E-state index in [1.54, 1.807) is 4.90 Å². The molecule has 7 heteroatoms. The zero-order valence-corrected chi connectivity index (χ0v) is 16.3. The summed E-state index contributed by atoms with van der Waals surface area (Å²) in [6.07, 6.45) is 8.59. The molecule has 6 nitrogen and oxygen atoms in total. The van der Waals surface area contributed by atoms with Gasteiger partial charge in [0.15, 0.2) is 5.96 Å². The van der Waals surface area contributed by atoms with E-state index in [1.165, 1.54) is 24.8 Å². The summed E-state index contributed by atoms with van der Waals surface area (Å²) in [5, 5.41) is 3.27. The molecule has 1 heterocycles. The highest BCUT2D eigenvalue weighted by Crippen LogP contribution is 2.20. The maximum Gasteiger partial charge on any atom is 0.409 e. The summed E-state index contributed by atoms with van der Waals surface area (Å²) in [6.45, 7) is 4.41. The van der Waals surface area contributed by atoms with Gasteiger partial charge in [-0.3, -0.25) is 4.99 Å². The van der Waals surface area contributed by atoms with Gasteiger partial charge < -0.3 is 20.7 Å². The number of hydrogen-bond donors (Lipinski definition) is 2. The maximum absolute atomic E-state index is 11.6. The molecule has 0 aromatic rings. The van der Waals surface area contributed by atoms with E-state index >= 15 is 0 Å². The molecule has 2 rings (SSSR count). The quantitative estimate of drug-likeness (QED) is 0.301. The van der Waals surface area contributed by atoms with Crippen molar-refractivity contribution in [3.8, 4) is 0 Å². The highest BCUT2D eigenvalue weighted by molar-refractivity contribution is 14.0. The average molecular weight is 436 g/mol. The summed E-state index contributed by atoms with van der Waals surface area (Å²) in [7, 11) is 0. The number of allylic oxidation sites excluding steroid dienone is 1. The number of nitrogens with zero attached hydrogens (tertiary/aromatic N) is 2. The van der Waals surface area contributed by atoms with Crippen LogP contribution in [0.25, 0.3) is 0 Å². The zero-order valence-electron chi connectivity index (χ0n) is 13.9. The SMILES string of the molecule is CCOC(=O)N1CCC(NC(N)=NCCC2=CCCC2)CC1.I. The van der Waals surface area contributed by atoms with E-state index in [1.807, 2.05) is 6.92 Å². The number of likely N-dealkylation sites (tertiary alicyclic amines) is 1. The topological polar surface area (TPSA) is 80.0 Å². The van der Waals surface area contributed by atoms with Crippen molar-refractivity contribution in [2.75, 3.05) is 26.2 Å². The standard InChI is InChI=1S/C16H28N4O2.HI/c1-2-22-16(21)20-11-8-14(9-12-20)19-15(17)18-10-7-13-5-3-4-6-13;/h5,14H,2-4,6-12H2,1H3,(H3,17,18,19);1H. The first kappa shape index (κ1) is 20.1. The van der Waals surface area contributed by atoms with Crippen molar-refractivity contribution in [2.24, 2.45) is 10.7 Å². The zero-order chi connectivity index (χ0) is 15.8. The molecule has 0 atom stereocenters. The Morgan fingerprint density at radius 2 is 2.22 bits per heavy atom. The third kappa shape index (κ3) is 6.97. The van der Waals surface area contributed by atoms with Gasteiger partial charge in [-0.2, -0.15) is 0 Å². The van der Waals surface area contributed by atoms with Crippen molar-refractivity contribution < 1.29 is 9.53 Å². The second-order valence-electron chi connectivity index (χ2n) is 5.88. The minimum atomic E-state index is -0.215. The van der Waals surface area contributed by atoms with Crippen molar-refractivity contribution in [2.45, 2.75) is 51.5 Å². The van der Waals surface area contributed by atoms with Crippen LogP contribution in [-0.4, -0.2) is 49.2 Å². The number of amides is 1. The fourth-order valence-corrected chi connectivity index (χ4v) is 2.96. The molecule has 1 saturated heterocycles. The Hall–Kier alpha value is -0.990. The molecule has 0 unspecified atom stereocenters. The first-order chi connectivity index (χ1) is 10.7. The van der Waals surface area contributed by atoms with Crippen LogP contribution in [0.4, 0.5) is 4.79 Å². The van der Waals surface area contributed by atoms with E-state index < -0.39 is 0 Å². The molecular formula is C16H29IN4O2. The molecule has 1 fully saturated rings. The predicted molar refractivity (Wildman–Crippen MR) is 103 cm³/mol. The number of hydrogen-bond acceptors (Lipinski definition) is 3. The molecule has 0 radical (unpaired) electrons. The van der Waals surface area contributed by atoms with Gasteiger partial charge in [0.25, 0.3) is 0 Å². The van der Waals surface area contributed by atoms with E-state index in [4.69, 9.17) is 10.5 Å². The van der Waals surface area contributed by atoms with Gasteiger partial charge in [0.05, 0.1) is 6.61 Å². The number of piperidine rings is 1. The molecule has 1 aliphatic heterocycles. The number of nitrogens with one attached hydrogen (secondary N) is 1. The Kier molecular flexibility index (Phi) is 9.35. The van der Waals surface area contributed by atoms with Crippen LogP contribution in [0, 0.1) is 0 Å². The van der Waals surface area contributed by atoms with Crippen molar-refractivity contribution in [1.29, 1.82) is 0 Å². The molecule has 23 heavy (non-hydrogen) atoms. The van der Waals surface area contributed by atoms with Crippen LogP contribution in [0.1, 0.15) is 45.4 Å². The summed E-state index contributed by atoms with van der Waals surface area (Å²) >= 11 is 0. The minimum absolute atomic E-state index is 0. The van der Waals surface area contributed by atoms with E-state index in [0.717, 1.165) is 25.8 Å². The first-order valence-corrected chi connectivity index (χ1v) is 8.35. The molecular weight excluding hydrogens is 407 g/mol. The molecule has 1 amide bonds. The number of aliphatic imine (C=N–C) groups is 1. The Bertz CT molecular complexity index is 432. The van der Waals surface area contributed by atoms with E-state index in [0.29, 0.717) is 31.7 Å². The van der Waals surface area contributed by atoms with E-state index in [2.05, 4.69) is 16.4 Å². The van der Waals surface area contributed by atoms with Crippen LogP contribution in [0.2, 0.25) is 0 Å². The lowest BCUT2D eigenvalue weighted by Gasteiger charge is -2.31. The van der Waals surface area contributed by atoms with E-state index in [-0.39, 0.29) is 30.1 Å². The number of nitrogens with two attached hydrogens (primary N) is 1. The van der Waals surface area contributed by atoms with Gasteiger partial charge in [0.2, 0.25) is 0 Å². The molecule has 1 aliphatic carbocycles. The lowest BCUT2D eigenvalue weighted by Crippen LogP contribution is -2.48. The average Bonchev–Trinajstić information content (AvgIpc) is 3.01. The normalized spacial score (nSPS) is 19.1. The van der Waals surface area contributed by atoms with Crippen LogP contribution >= 0.6 is 24.0 Å². The van der Waals surface area contributed by atoms with Gasteiger partial charge in [-0.25, -0.2) is 4.79 Å². The Balaban J connectivity index is 0.00000264. The largest absolute Gasteiger partial charge is 0.450 e. The monoisotopic (exact) mass is 436 g/mol. The number of ether oxygens (including phenoxy) is 1. The van der Waals surface area contributed by atoms with Crippen LogP contribution in [0.15, 0.2) is 16.6 Å². The molecule has 0 saturated carbocycles. The van der Waals surface area contributed by atoms with Crippen molar-refractivity contribution >= 4 is 36.0 Å². The summed E-state index contributed by atoms with van der Waals surface area (Å²) in [5.41, 5.74) is 7.46. The number of carbonyl (C=O) groups is 1. The smallest absolute Gasteiger partial charge is 0.409 e. The Morgan fingerprint density at radius 1 is 1.48 bits per heavy atom. The second kappa shape index (κ2) is 10.7. The molecule has 3 N–H and O–H groups in total. The van der Waals surface area contributed by atoms with Crippen LogP contribution in [-0.2, 0) is 4.74 Å². The van der Waals surface area contributed by atoms with Crippen LogP contribution in [0.5, 0.6) is 0 Å². The van der Waals surface area contributed by atoms with Gasteiger partial charge >= 0.3 is 6.09 Å². The third-order valence-corrected chi connectivity index (χ3v) is 4.22. The van der Waals surface area contributed by atoms with Gasteiger partial charge in [-0.1, -0.05) is 11.6 Å². The molecule has 2 aliphatic rings. The first-order valence-electron chi connectivity index (χ1n) is 8.35.